The maximum absolute atomic E-state index is 14.3. The molecule has 3 aromatic rings. The lowest BCUT2D eigenvalue weighted by molar-refractivity contribution is -0.139. The lowest BCUT2D eigenvalue weighted by atomic mass is 9.84. The largest absolute Gasteiger partial charge is 0.461 e. The standard InChI is InChI=1S/C34H38ClF5N8O3/c1-18-25-15-46(6-4-7-48(25)44-29(18)31(49)45(2)3)30-22-16-50-26(21-10-20(41)11-23(35)28(21)34(38,39)40)12-24(22)42-32(43-30)51-17-33-5-8-47(33)14-19(13-33)9-27(36)37/h9-11,19,26H,4-8,12-17,41H2,1-3H3/t19-,26?,33+/m0/s1. The van der Waals surface area contributed by atoms with E-state index in [1.54, 1.807) is 14.1 Å². The average Bonchev–Trinajstić information content (AvgIpc) is 3.36. The number of fused-ring (bicyclic) bond motifs is 3. The molecule has 4 aliphatic rings. The topological polar surface area (TPSA) is 115 Å². The van der Waals surface area contributed by atoms with Crippen LogP contribution in [0.5, 0.6) is 6.01 Å². The van der Waals surface area contributed by atoms with E-state index in [4.69, 9.17) is 36.8 Å². The van der Waals surface area contributed by atoms with Gasteiger partial charge in [0.2, 0.25) is 0 Å². The molecule has 51 heavy (non-hydrogen) atoms. The summed E-state index contributed by atoms with van der Waals surface area (Å²) in [6.07, 6.45) is -4.67. The Labute approximate surface area is 296 Å². The van der Waals surface area contributed by atoms with Crippen LogP contribution in [0, 0.1) is 12.8 Å². The van der Waals surface area contributed by atoms with Gasteiger partial charge in [-0.3, -0.25) is 14.4 Å². The SMILES string of the molecule is Cc1c(C(=O)N(C)C)nn2c1CN(c1nc(OC[C@]34CCN3C[C@@H](C=C(F)F)C4)nc3c1COC(c1cc(N)cc(Cl)c1C(F)(F)F)C3)CCC2. The summed E-state index contributed by atoms with van der Waals surface area (Å²) in [5.74, 6) is -0.0156. The van der Waals surface area contributed by atoms with Crippen LogP contribution < -0.4 is 15.4 Å². The number of rotatable bonds is 7. The number of aromatic nitrogens is 4. The van der Waals surface area contributed by atoms with Crippen LogP contribution in [-0.2, 0) is 37.0 Å². The number of ether oxygens (including phenoxy) is 2. The maximum Gasteiger partial charge on any atom is 0.418 e. The molecular formula is C34H38ClF5N8O3. The number of carbonyl (C=O) groups excluding carboxylic acids is 1. The molecule has 0 bridgehead atoms. The Bertz CT molecular complexity index is 1900. The van der Waals surface area contributed by atoms with Gasteiger partial charge in [0.1, 0.15) is 12.4 Å². The summed E-state index contributed by atoms with van der Waals surface area (Å²) < 4.78 is 83.2. The number of alkyl halides is 3. The molecule has 2 aromatic heterocycles. The minimum Gasteiger partial charge on any atom is -0.461 e. The first kappa shape index (κ1) is 35.4. The predicted octanol–water partition coefficient (Wildman–Crippen LogP) is 5.79. The lowest BCUT2D eigenvalue weighted by Crippen LogP contribution is -2.59. The van der Waals surface area contributed by atoms with E-state index in [-0.39, 0.29) is 48.7 Å². The highest BCUT2D eigenvalue weighted by Gasteiger charge is 2.52. The minimum atomic E-state index is -4.76. The number of anilines is 2. The highest BCUT2D eigenvalue weighted by atomic mass is 35.5. The first-order chi connectivity index (χ1) is 24.1. The van der Waals surface area contributed by atoms with Gasteiger partial charge in [0.25, 0.3) is 12.0 Å². The fourth-order valence-corrected chi connectivity index (χ4v) is 8.19. The second-order valence-corrected chi connectivity index (χ2v) is 14.4. The quantitative estimate of drug-likeness (QED) is 0.238. The fraction of sp³-hybridized carbons (Fsp3) is 0.529. The molecule has 2 saturated heterocycles. The van der Waals surface area contributed by atoms with Gasteiger partial charge < -0.3 is 25.0 Å². The van der Waals surface area contributed by atoms with Gasteiger partial charge in [-0.1, -0.05) is 11.6 Å². The summed E-state index contributed by atoms with van der Waals surface area (Å²) in [7, 11) is 3.33. The van der Waals surface area contributed by atoms with Crippen molar-refractivity contribution < 1.29 is 36.2 Å². The second kappa shape index (κ2) is 13.2. The van der Waals surface area contributed by atoms with Gasteiger partial charge >= 0.3 is 12.2 Å². The van der Waals surface area contributed by atoms with Crippen molar-refractivity contribution in [2.24, 2.45) is 5.92 Å². The third-order valence-electron chi connectivity index (χ3n) is 10.4. The van der Waals surface area contributed by atoms with Crippen LogP contribution in [0.3, 0.4) is 0 Å². The molecule has 2 fully saturated rings. The van der Waals surface area contributed by atoms with E-state index < -0.39 is 34.5 Å². The number of nitrogens with zero attached hydrogens (tertiary/aromatic N) is 7. The van der Waals surface area contributed by atoms with Gasteiger partial charge in [-0.05, 0) is 55.9 Å². The Hall–Kier alpha value is -4.02. The van der Waals surface area contributed by atoms with E-state index in [1.807, 2.05) is 16.5 Å². The van der Waals surface area contributed by atoms with Crippen molar-refractivity contribution in [1.82, 2.24) is 29.5 Å². The zero-order chi connectivity index (χ0) is 36.4. The molecule has 17 heteroatoms. The van der Waals surface area contributed by atoms with E-state index in [0.717, 1.165) is 36.4 Å². The Kier molecular flexibility index (Phi) is 9.15. The summed E-state index contributed by atoms with van der Waals surface area (Å²) in [5, 5.41) is 4.09. The van der Waals surface area contributed by atoms with Crippen LogP contribution in [0.4, 0.5) is 33.5 Å². The Morgan fingerprint density at radius 3 is 2.69 bits per heavy atom. The van der Waals surface area contributed by atoms with Gasteiger partial charge in [0, 0.05) is 63.5 Å². The van der Waals surface area contributed by atoms with Crippen molar-refractivity contribution in [3.63, 3.8) is 0 Å². The number of halogens is 6. The van der Waals surface area contributed by atoms with Gasteiger partial charge in [0.15, 0.2) is 5.69 Å². The number of amides is 1. The van der Waals surface area contributed by atoms with E-state index in [2.05, 4.69) is 10.00 Å². The molecule has 6 heterocycles. The molecule has 274 valence electrons. The van der Waals surface area contributed by atoms with E-state index in [9.17, 15) is 26.7 Å². The minimum absolute atomic E-state index is 0.0286. The zero-order valence-electron chi connectivity index (χ0n) is 28.4. The van der Waals surface area contributed by atoms with Crippen LogP contribution in [-0.4, -0.2) is 81.3 Å². The van der Waals surface area contributed by atoms with Gasteiger partial charge in [0.05, 0.1) is 46.8 Å². The Balaban J connectivity index is 1.25. The van der Waals surface area contributed by atoms with E-state index in [0.29, 0.717) is 61.8 Å². The van der Waals surface area contributed by atoms with Gasteiger partial charge in [-0.15, -0.1) is 0 Å². The van der Waals surface area contributed by atoms with Crippen molar-refractivity contribution in [3.8, 4) is 6.01 Å². The molecule has 11 nitrogen and oxygen atoms in total. The normalized spacial score (nSPS) is 23.1. The van der Waals surface area contributed by atoms with E-state index >= 15 is 0 Å². The number of aryl methyl sites for hydroxylation is 1. The predicted molar refractivity (Wildman–Crippen MR) is 178 cm³/mol. The lowest BCUT2D eigenvalue weighted by Gasteiger charge is -2.47. The first-order valence-electron chi connectivity index (χ1n) is 16.7. The number of benzene rings is 1. The van der Waals surface area contributed by atoms with Gasteiger partial charge in [-0.2, -0.15) is 37.0 Å². The molecule has 3 atom stereocenters. The fourth-order valence-electron chi connectivity index (χ4n) is 7.85. The van der Waals surface area contributed by atoms with Crippen molar-refractivity contribution >= 4 is 29.0 Å². The molecule has 0 saturated carbocycles. The number of carbonyl (C=O) groups is 1. The third kappa shape index (κ3) is 6.61. The highest BCUT2D eigenvalue weighted by Crippen LogP contribution is 2.46. The van der Waals surface area contributed by atoms with Crippen LogP contribution in [0.15, 0.2) is 24.3 Å². The maximum atomic E-state index is 14.3. The molecular weight excluding hydrogens is 699 g/mol. The summed E-state index contributed by atoms with van der Waals surface area (Å²) in [4.78, 5) is 28.1. The molecule has 1 unspecified atom stereocenters. The summed E-state index contributed by atoms with van der Waals surface area (Å²) in [5.41, 5.74) is 7.35. The number of nitrogens with two attached hydrogens (primary N) is 1. The Morgan fingerprint density at radius 2 is 2.00 bits per heavy atom. The van der Waals surface area contributed by atoms with Crippen LogP contribution in [0.1, 0.15) is 69.5 Å². The molecule has 0 radical (unpaired) electrons. The number of hydrogen-bond donors (Lipinski definition) is 1. The van der Waals surface area contributed by atoms with Crippen LogP contribution in [0.25, 0.3) is 0 Å². The second-order valence-electron chi connectivity index (χ2n) is 14.0. The van der Waals surface area contributed by atoms with E-state index in [1.165, 1.54) is 11.0 Å². The molecule has 2 N–H and O–H groups in total. The van der Waals surface area contributed by atoms with Crippen molar-refractivity contribution in [2.45, 2.75) is 70.1 Å². The molecule has 7 rings (SSSR count). The summed E-state index contributed by atoms with van der Waals surface area (Å²) >= 11 is 6.08. The molecule has 0 aliphatic carbocycles. The molecule has 1 amide bonds. The summed E-state index contributed by atoms with van der Waals surface area (Å²) in [6, 6.07) is 2.32. The zero-order valence-corrected chi connectivity index (χ0v) is 29.1. The average molecular weight is 737 g/mol. The van der Waals surface area contributed by atoms with Crippen LogP contribution >= 0.6 is 11.6 Å². The smallest absolute Gasteiger partial charge is 0.418 e. The summed E-state index contributed by atoms with van der Waals surface area (Å²) in [6.45, 7) is 4.64. The molecule has 4 aliphatic heterocycles. The monoisotopic (exact) mass is 736 g/mol. The van der Waals surface area contributed by atoms with Crippen molar-refractivity contribution in [1.29, 1.82) is 0 Å². The highest BCUT2D eigenvalue weighted by molar-refractivity contribution is 6.31. The number of nitrogen functional groups attached to an aromatic ring is 1. The van der Waals surface area contributed by atoms with Gasteiger partial charge in [-0.25, -0.2) is 0 Å². The first-order valence-corrected chi connectivity index (χ1v) is 17.1. The Morgan fingerprint density at radius 1 is 1.22 bits per heavy atom. The van der Waals surface area contributed by atoms with Crippen LogP contribution in [0.2, 0.25) is 5.02 Å². The molecule has 0 spiro atoms. The van der Waals surface area contributed by atoms with Crippen molar-refractivity contribution in [2.75, 3.05) is 51.0 Å². The molecule has 1 aromatic carbocycles. The van der Waals surface area contributed by atoms with Crippen molar-refractivity contribution in [3.05, 3.63) is 68.6 Å². The third-order valence-corrected chi connectivity index (χ3v) is 10.7. The number of hydrogen-bond acceptors (Lipinski definition) is 9.